The first-order chi connectivity index (χ1) is 5.68. The van der Waals surface area contributed by atoms with Gasteiger partial charge in [0.15, 0.2) is 0 Å². The first-order valence-corrected chi connectivity index (χ1v) is 4.18. The quantitative estimate of drug-likeness (QED) is 0.501. The smallest absolute Gasteiger partial charge is 0.334 e. The van der Waals surface area contributed by atoms with E-state index in [1.165, 1.54) is 6.92 Å². The van der Waals surface area contributed by atoms with Crippen molar-refractivity contribution >= 4 is 5.97 Å². The highest BCUT2D eigenvalue weighted by molar-refractivity contribution is 5.73. The third-order valence-electron chi connectivity index (χ3n) is 1.28. The minimum Gasteiger partial charge on any atom is -0.460 e. The Hall–Kier alpha value is -0.830. The van der Waals surface area contributed by atoms with Crippen molar-refractivity contribution < 1.29 is 14.6 Å². The number of rotatable bonds is 5. The van der Waals surface area contributed by atoms with Crippen molar-refractivity contribution in [3.63, 3.8) is 0 Å². The Kier molecular flexibility index (Phi) is 6.38. The molecule has 1 N–H and O–H groups in total. The molecule has 70 valence electrons. The highest BCUT2D eigenvalue weighted by Gasteiger charge is 2.07. The molecule has 1 unspecified atom stereocenters. The van der Waals surface area contributed by atoms with Crippen LogP contribution in [0.1, 0.15) is 26.7 Å². The van der Waals surface area contributed by atoms with Gasteiger partial charge in [-0.15, -0.1) is 0 Å². The predicted molar refractivity (Wildman–Crippen MR) is 46.7 cm³/mol. The molecule has 12 heavy (non-hydrogen) atoms. The fourth-order valence-electron chi connectivity index (χ4n) is 0.603. The van der Waals surface area contributed by atoms with Crippen LogP contribution in [-0.4, -0.2) is 23.8 Å². The standard InChI is InChI=1S/C9H16O3/c1-3-4-5-6-7-12-9(11)8(2)10/h5-6,8,10H,3-4,7H2,1-2H3/b6-5-. The van der Waals surface area contributed by atoms with Crippen molar-refractivity contribution in [3.05, 3.63) is 12.2 Å². The van der Waals surface area contributed by atoms with E-state index in [-0.39, 0.29) is 6.61 Å². The Morgan fingerprint density at radius 2 is 2.25 bits per heavy atom. The summed E-state index contributed by atoms with van der Waals surface area (Å²) in [4.78, 5) is 10.7. The Balaban J connectivity index is 3.37. The van der Waals surface area contributed by atoms with Crippen molar-refractivity contribution in [2.45, 2.75) is 32.8 Å². The van der Waals surface area contributed by atoms with Gasteiger partial charge in [-0.3, -0.25) is 0 Å². The van der Waals surface area contributed by atoms with E-state index in [4.69, 9.17) is 5.11 Å². The lowest BCUT2D eigenvalue weighted by molar-refractivity contribution is -0.151. The second-order valence-electron chi connectivity index (χ2n) is 2.57. The molecule has 0 rings (SSSR count). The summed E-state index contributed by atoms with van der Waals surface area (Å²) in [7, 11) is 0. The van der Waals surface area contributed by atoms with Crippen LogP contribution in [0.25, 0.3) is 0 Å². The number of hydrogen-bond acceptors (Lipinski definition) is 3. The van der Waals surface area contributed by atoms with Crippen LogP contribution in [0, 0.1) is 0 Å². The number of hydrogen-bond donors (Lipinski definition) is 1. The maximum absolute atomic E-state index is 10.7. The lowest BCUT2D eigenvalue weighted by Gasteiger charge is -2.02. The Morgan fingerprint density at radius 1 is 1.58 bits per heavy atom. The van der Waals surface area contributed by atoms with Gasteiger partial charge in [0.25, 0.3) is 0 Å². The molecule has 0 fully saturated rings. The third kappa shape index (κ3) is 5.92. The summed E-state index contributed by atoms with van der Waals surface area (Å²) in [6.07, 6.45) is 4.79. The van der Waals surface area contributed by atoms with Crippen molar-refractivity contribution in [1.82, 2.24) is 0 Å². The van der Waals surface area contributed by atoms with Gasteiger partial charge in [-0.25, -0.2) is 4.79 Å². The van der Waals surface area contributed by atoms with Crippen LogP contribution in [0.15, 0.2) is 12.2 Å². The van der Waals surface area contributed by atoms with Gasteiger partial charge in [0, 0.05) is 0 Å². The first kappa shape index (κ1) is 11.2. The zero-order valence-electron chi connectivity index (χ0n) is 7.62. The molecule has 0 saturated carbocycles. The first-order valence-electron chi connectivity index (χ1n) is 4.18. The number of esters is 1. The molecule has 0 aromatic heterocycles. The number of aliphatic hydroxyl groups is 1. The molecule has 1 atom stereocenters. The second-order valence-corrected chi connectivity index (χ2v) is 2.57. The highest BCUT2D eigenvalue weighted by Crippen LogP contribution is 1.90. The molecule has 3 heteroatoms. The Labute approximate surface area is 73.0 Å². The van der Waals surface area contributed by atoms with E-state index in [1.807, 2.05) is 6.08 Å². The van der Waals surface area contributed by atoms with E-state index in [1.54, 1.807) is 6.08 Å². The lowest BCUT2D eigenvalue weighted by atomic mass is 10.3. The number of carbonyl (C=O) groups is 1. The molecule has 0 saturated heterocycles. The van der Waals surface area contributed by atoms with Crippen LogP contribution >= 0.6 is 0 Å². The van der Waals surface area contributed by atoms with Gasteiger partial charge in [-0.1, -0.05) is 25.5 Å². The summed E-state index contributed by atoms with van der Waals surface area (Å²) in [6.45, 7) is 3.72. The van der Waals surface area contributed by atoms with Crippen LogP contribution < -0.4 is 0 Å². The SMILES string of the molecule is CCC/C=C\COC(=O)C(C)O. The van der Waals surface area contributed by atoms with E-state index in [0.717, 1.165) is 12.8 Å². The zero-order chi connectivity index (χ0) is 9.40. The van der Waals surface area contributed by atoms with Gasteiger partial charge >= 0.3 is 5.97 Å². The van der Waals surface area contributed by atoms with Gasteiger partial charge in [0.1, 0.15) is 12.7 Å². The molecule has 0 spiro atoms. The summed E-state index contributed by atoms with van der Waals surface area (Å²) in [5.74, 6) is -0.573. The topological polar surface area (TPSA) is 46.5 Å². The molecule has 0 aliphatic heterocycles. The fourth-order valence-corrected chi connectivity index (χ4v) is 0.603. The molecule has 0 amide bonds. The fraction of sp³-hybridized carbons (Fsp3) is 0.667. The summed E-state index contributed by atoms with van der Waals surface area (Å²) in [5, 5.41) is 8.72. The normalized spacial score (nSPS) is 13.2. The van der Waals surface area contributed by atoms with Crippen molar-refractivity contribution in [3.8, 4) is 0 Å². The van der Waals surface area contributed by atoms with Crippen LogP contribution in [-0.2, 0) is 9.53 Å². The monoisotopic (exact) mass is 172 g/mol. The minimum absolute atomic E-state index is 0.254. The Bertz CT molecular complexity index is 150. The average molecular weight is 172 g/mol. The number of unbranched alkanes of at least 4 members (excludes halogenated alkanes) is 1. The number of allylic oxidation sites excluding steroid dienone is 1. The molecular weight excluding hydrogens is 156 g/mol. The van der Waals surface area contributed by atoms with Crippen LogP contribution in [0.5, 0.6) is 0 Å². The van der Waals surface area contributed by atoms with Gasteiger partial charge < -0.3 is 9.84 Å². The summed E-state index contributed by atoms with van der Waals surface area (Å²) in [5.41, 5.74) is 0. The maximum atomic E-state index is 10.7. The lowest BCUT2D eigenvalue weighted by Crippen LogP contribution is -2.19. The van der Waals surface area contributed by atoms with Crippen molar-refractivity contribution in [2.75, 3.05) is 6.61 Å². The van der Waals surface area contributed by atoms with Crippen LogP contribution in [0.4, 0.5) is 0 Å². The van der Waals surface area contributed by atoms with E-state index < -0.39 is 12.1 Å². The molecule has 0 aromatic rings. The van der Waals surface area contributed by atoms with Gasteiger partial charge in [-0.05, 0) is 13.3 Å². The van der Waals surface area contributed by atoms with Gasteiger partial charge in [-0.2, -0.15) is 0 Å². The predicted octanol–water partition coefficient (Wildman–Crippen LogP) is 1.27. The van der Waals surface area contributed by atoms with E-state index in [2.05, 4.69) is 11.7 Å². The van der Waals surface area contributed by atoms with E-state index >= 15 is 0 Å². The summed E-state index contributed by atoms with van der Waals surface area (Å²) in [6, 6.07) is 0. The maximum Gasteiger partial charge on any atom is 0.334 e. The number of aliphatic hydroxyl groups excluding tert-OH is 1. The summed E-state index contributed by atoms with van der Waals surface area (Å²) >= 11 is 0. The van der Waals surface area contributed by atoms with Crippen molar-refractivity contribution in [1.29, 1.82) is 0 Å². The van der Waals surface area contributed by atoms with E-state index in [9.17, 15) is 4.79 Å². The molecule has 0 aromatic carbocycles. The molecule has 0 heterocycles. The minimum atomic E-state index is -1.02. The molecular formula is C9H16O3. The molecule has 0 aliphatic carbocycles. The van der Waals surface area contributed by atoms with Gasteiger partial charge in [0.05, 0.1) is 0 Å². The second kappa shape index (κ2) is 6.85. The molecule has 3 nitrogen and oxygen atoms in total. The van der Waals surface area contributed by atoms with Crippen LogP contribution in [0.3, 0.4) is 0 Å². The average Bonchev–Trinajstić information content (AvgIpc) is 2.03. The summed E-state index contributed by atoms with van der Waals surface area (Å²) < 4.78 is 4.67. The number of carbonyl (C=O) groups excluding carboxylic acids is 1. The highest BCUT2D eigenvalue weighted by atomic mass is 16.5. The van der Waals surface area contributed by atoms with Crippen LogP contribution in [0.2, 0.25) is 0 Å². The van der Waals surface area contributed by atoms with E-state index in [0.29, 0.717) is 0 Å². The van der Waals surface area contributed by atoms with Crippen molar-refractivity contribution in [2.24, 2.45) is 0 Å². The zero-order valence-corrected chi connectivity index (χ0v) is 7.62. The molecule has 0 bridgehead atoms. The largest absolute Gasteiger partial charge is 0.460 e. The third-order valence-corrected chi connectivity index (χ3v) is 1.28. The number of ether oxygens (including phenoxy) is 1. The molecule has 0 aliphatic rings. The molecule has 0 radical (unpaired) electrons. The Morgan fingerprint density at radius 3 is 2.75 bits per heavy atom. The van der Waals surface area contributed by atoms with Gasteiger partial charge in [0.2, 0.25) is 0 Å².